The summed E-state index contributed by atoms with van der Waals surface area (Å²) < 4.78 is 10.6. The molecule has 2 N–H and O–H groups in total. The molecule has 4 aliphatic carbocycles. The van der Waals surface area contributed by atoms with Gasteiger partial charge in [-0.1, -0.05) is 6.92 Å². The SMILES string of the molecule is CC(=O)OC1CCC2(C=O)C3CCC4(C)[C@H](C5=CC(=O)OC5)CCC4(O)C3CCC2(O)C1. The molecule has 7 heteroatoms. The first-order valence-electron chi connectivity index (χ1n) is 12.0. The van der Waals surface area contributed by atoms with Gasteiger partial charge in [-0.2, -0.15) is 0 Å². The first-order valence-corrected chi connectivity index (χ1v) is 12.0. The largest absolute Gasteiger partial charge is 0.462 e. The van der Waals surface area contributed by atoms with Crippen molar-refractivity contribution in [3.63, 3.8) is 0 Å². The predicted octanol–water partition coefficient (Wildman–Crippen LogP) is 2.47. The molecule has 4 saturated carbocycles. The Morgan fingerprint density at radius 1 is 1.12 bits per heavy atom. The fourth-order valence-electron chi connectivity index (χ4n) is 8.65. The van der Waals surface area contributed by atoms with Crippen molar-refractivity contribution in [2.45, 2.75) is 88.9 Å². The lowest BCUT2D eigenvalue weighted by molar-refractivity contribution is -0.249. The molecule has 0 radical (unpaired) electrons. The Hall–Kier alpha value is -1.73. The molecule has 0 aromatic heterocycles. The molecule has 7 unspecified atom stereocenters. The molecule has 0 amide bonds. The van der Waals surface area contributed by atoms with Crippen LogP contribution in [0, 0.1) is 28.6 Å². The second-order valence-corrected chi connectivity index (χ2v) is 11.2. The van der Waals surface area contributed by atoms with Crippen LogP contribution in [0.1, 0.15) is 71.6 Å². The highest BCUT2D eigenvalue weighted by Gasteiger charge is 2.71. The van der Waals surface area contributed by atoms with Crippen molar-refractivity contribution >= 4 is 18.2 Å². The minimum absolute atomic E-state index is 0.0828. The quantitative estimate of drug-likeness (QED) is 0.506. The van der Waals surface area contributed by atoms with E-state index in [0.717, 1.165) is 31.1 Å². The van der Waals surface area contributed by atoms with E-state index in [-0.39, 0.29) is 47.6 Å². The van der Waals surface area contributed by atoms with Crippen molar-refractivity contribution in [3.05, 3.63) is 11.6 Å². The first-order chi connectivity index (χ1) is 15.1. The maximum Gasteiger partial charge on any atom is 0.331 e. The van der Waals surface area contributed by atoms with Gasteiger partial charge in [0.2, 0.25) is 0 Å². The van der Waals surface area contributed by atoms with Gasteiger partial charge in [0.05, 0.1) is 16.6 Å². The number of hydrogen-bond acceptors (Lipinski definition) is 7. The van der Waals surface area contributed by atoms with Crippen LogP contribution in [-0.4, -0.2) is 52.4 Å². The summed E-state index contributed by atoms with van der Waals surface area (Å²) in [5, 5.41) is 23.9. The third-order valence-corrected chi connectivity index (χ3v) is 10.2. The average Bonchev–Trinajstić information content (AvgIpc) is 3.27. The van der Waals surface area contributed by atoms with Gasteiger partial charge in [-0.3, -0.25) is 4.79 Å². The lowest BCUT2D eigenvalue weighted by Gasteiger charge is -2.65. The summed E-state index contributed by atoms with van der Waals surface area (Å²) in [7, 11) is 0. The van der Waals surface area contributed by atoms with Crippen LogP contribution in [0.3, 0.4) is 0 Å². The van der Waals surface area contributed by atoms with E-state index in [1.807, 2.05) is 0 Å². The molecule has 8 atom stereocenters. The van der Waals surface area contributed by atoms with Crippen LogP contribution >= 0.6 is 0 Å². The summed E-state index contributed by atoms with van der Waals surface area (Å²) in [6, 6.07) is 0. The lowest BCUT2D eigenvalue weighted by Crippen LogP contribution is -2.69. The number of aliphatic hydroxyl groups is 2. The number of hydrogen-bond donors (Lipinski definition) is 2. The average molecular weight is 447 g/mol. The second-order valence-electron chi connectivity index (χ2n) is 11.2. The minimum Gasteiger partial charge on any atom is -0.462 e. The van der Waals surface area contributed by atoms with E-state index < -0.39 is 16.6 Å². The highest BCUT2D eigenvalue weighted by atomic mass is 16.5. The van der Waals surface area contributed by atoms with Gasteiger partial charge in [-0.25, -0.2) is 4.79 Å². The van der Waals surface area contributed by atoms with Crippen molar-refractivity contribution in [2.24, 2.45) is 28.6 Å². The van der Waals surface area contributed by atoms with Crippen LogP contribution in [0.2, 0.25) is 0 Å². The molecule has 32 heavy (non-hydrogen) atoms. The third kappa shape index (κ3) is 2.76. The molecule has 176 valence electrons. The topological polar surface area (TPSA) is 110 Å². The molecule has 5 aliphatic rings. The minimum atomic E-state index is -1.22. The zero-order valence-electron chi connectivity index (χ0n) is 19.0. The summed E-state index contributed by atoms with van der Waals surface area (Å²) in [5.74, 6) is -0.772. The first kappa shape index (κ1) is 22.1. The molecule has 0 aromatic carbocycles. The van der Waals surface area contributed by atoms with Gasteiger partial charge in [0.15, 0.2) is 0 Å². The maximum atomic E-state index is 12.7. The Morgan fingerprint density at radius 3 is 2.53 bits per heavy atom. The Labute approximate surface area is 188 Å². The standard InChI is InChI=1S/C25H34O7/c1-15(27)32-17-3-8-23(14-26)19-4-7-22(2)18(16-11-21(28)31-13-16)6-10-25(22,30)20(19)5-9-24(23,29)12-17/h11,14,17-20,29-30H,3-10,12-13H2,1-2H3/t17?,18-,19?,20?,22?,23?,24?,25?/m0/s1. The summed E-state index contributed by atoms with van der Waals surface area (Å²) in [6.07, 6.45) is 7.44. The number of ether oxygens (including phenoxy) is 2. The van der Waals surface area contributed by atoms with Gasteiger partial charge in [0, 0.05) is 24.8 Å². The summed E-state index contributed by atoms with van der Waals surface area (Å²) in [4.78, 5) is 35.8. The molecule has 1 aliphatic heterocycles. The van der Waals surface area contributed by atoms with Crippen LogP contribution in [0.5, 0.6) is 0 Å². The molecule has 7 nitrogen and oxygen atoms in total. The highest BCUT2D eigenvalue weighted by molar-refractivity contribution is 5.85. The van der Waals surface area contributed by atoms with Gasteiger partial charge >= 0.3 is 11.9 Å². The van der Waals surface area contributed by atoms with Gasteiger partial charge in [0.25, 0.3) is 0 Å². The summed E-state index contributed by atoms with van der Waals surface area (Å²) >= 11 is 0. The number of esters is 2. The van der Waals surface area contributed by atoms with E-state index >= 15 is 0 Å². The predicted molar refractivity (Wildman–Crippen MR) is 113 cm³/mol. The molecule has 4 fully saturated rings. The Bertz CT molecular complexity index is 882. The molecule has 0 aromatic rings. The maximum absolute atomic E-state index is 12.7. The number of carbonyl (C=O) groups excluding carboxylic acids is 3. The Kier molecular flexibility index (Phi) is 4.92. The molecule has 0 saturated heterocycles. The van der Waals surface area contributed by atoms with E-state index in [2.05, 4.69) is 6.92 Å². The van der Waals surface area contributed by atoms with Gasteiger partial charge in [0.1, 0.15) is 19.0 Å². The zero-order chi connectivity index (χ0) is 22.9. The van der Waals surface area contributed by atoms with E-state index in [9.17, 15) is 24.6 Å². The van der Waals surface area contributed by atoms with Crippen LogP contribution in [0.25, 0.3) is 0 Å². The monoisotopic (exact) mass is 446 g/mol. The third-order valence-electron chi connectivity index (χ3n) is 10.2. The number of aldehydes is 1. The number of fused-ring (bicyclic) bond motifs is 5. The highest BCUT2D eigenvalue weighted by Crippen LogP contribution is 2.70. The van der Waals surface area contributed by atoms with Crippen LogP contribution < -0.4 is 0 Å². The van der Waals surface area contributed by atoms with E-state index in [0.29, 0.717) is 38.7 Å². The number of rotatable bonds is 3. The summed E-state index contributed by atoms with van der Waals surface area (Å²) in [5.41, 5.74) is -2.50. The lowest BCUT2D eigenvalue weighted by atomic mass is 9.41. The Morgan fingerprint density at radius 2 is 1.88 bits per heavy atom. The molecular weight excluding hydrogens is 412 g/mol. The van der Waals surface area contributed by atoms with Crippen molar-refractivity contribution in [1.29, 1.82) is 0 Å². The normalized spacial score (nSPS) is 49.9. The van der Waals surface area contributed by atoms with E-state index in [4.69, 9.17) is 9.47 Å². The molecule has 0 bridgehead atoms. The molecule has 0 spiro atoms. The van der Waals surface area contributed by atoms with Crippen LogP contribution in [0.4, 0.5) is 0 Å². The van der Waals surface area contributed by atoms with Crippen molar-refractivity contribution in [1.82, 2.24) is 0 Å². The smallest absolute Gasteiger partial charge is 0.331 e. The van der Waals surface area contributed by atoms with Crippen molar-refractivity contribution in [3.8, 4) is 0 Å². The van der Waals surface area contributed by atoms with Crippen molar-refractivity contribution < 1.29 is 34.1 Å². The molecule has 5 rings (SSSR count). The fraction of sp³-hybridized carbons (Fsp3) is 0.800. The van der Waals surface area contributed by atoms with Gasteiger partial charge < -0.3 is 24.5 Å². The second kappa shape index (κ2) is 7.13. The van der Waals surface area contributed by atoms with Crippen molar-refractivity contribution in [2.75, 3.05) is 6.61 Å². The zero-order valence-corrected chi connectivity index (χ0v) is 19.0. The molecular formula is C25H34O7. The Balaban J connectivity index is 1.46. The van der Waals surface area contributed by atoms with Gasteiger partial charge in [-0.15, -0.1) is 0 Å². The fourth-order valence-corrected chi connectivity index (χ4v) is 8.65. The van der Waals surface area contributed by atoms with Crippen LogP contribution in [0.15, 0.2) is 11.6 Å². The van der Waals surface area contributed by atoms with Crippen LogP contribution in [-0.2, 0) is 23.9 Å². The molecule has 1 heterocycles. The number of cyclic esters (lactones) is 1. The number of carbonyl (C=O) groups is 3. The summed E-state index contributed by atoms with van der Waals surface area (Å²) in [6.45, 7) is 3.81. The van der Waals surface area contributed by atoms with E-state index in [1.165, 1.54) is 6.92 Å². The van der Waals surface area contributed by atoms with E-state index in [1.54, 1.807) is 6.08 Å². The van der Waals surface area contributed by atoms with Gasteiger partial charge in [-0.05, 0) is 74.7 Å².